The number of ether oxygens (including phenoxy) is 2. The van der Waals surface area contributed by atoms with Crippen molar-refractivity contribution in [3.05, 3.63) is 86.2 Å². The topological polar surface area (TPSA) is 156 Å². The van der Waals surface area contributed by atoms with E-state index in [-0.39, 0.29) is 67.2 Å². The third-order valence-electron chi connectivity index (χ3n) is 7.77. The fourth-order valence-corrected chi connectivity index (χ4v) is 5.67. The summed E-state index contributed by atoms with van der Waals surface area (Å²) in [6.45, 7) is -3.88. The van der Waals surface area contributed by atoms with Crippen molar-refractivity contribution in [2.75, 3.05) is 0 Å². The maximum absolute atomic E-state index is 15.8. The van der Waals surface area contributed by atoms with Crippen LogP contribution in [-0.2, 0) is 13.6 Å². The van der Waals surface area contributed by atoms with Crippen molar-refractivity contribution in [1.82, 2.24) is 29.9 Å². The van der Waals surface area contributed by atoms with Crippen LogP contribution in [0.4, 0.5) is 13.2 Å². The molecule has 2 aliphatic rings. The normalized spacial score (nSPS) is 14.2. The number of H-pyrrole nitrogens is 1. The highest BCUT2D eigenvalue weighted by Crippen LogP contribution is 2.43. The van der Waals surface area contributed by atoms with Gasteiger partial charge < -0.3 is 9.47 Å². The van der Waals surface area contributed by atoms with Gasteiger partial charge in [0.2, 0.25) is 5.88 Å². The molecule has 2 aromatic carbocycles. The average molecular weight is 662 g/mol. The number of fused-ring (bicyclic) bond motifs is 2. The summed E-state index contributed by atoms with van der Waals surface area (Å²) in [6, 6.07) is 10.6. The van der Waals surface area contributed by atoms with Crippen LogP contribution in [0.15, 0.2) is 47.4 Å². The minimum Gasteiger partial charge on any atom is -0.489 e. The lowest BCUT2D eigenvalue weighted by atomic mass is 9.98. The van der Waals surface area contributed by atoms with E-state index in [0.717, 1.165) is 17.7 Å². The largest absolute Gasteiger partial charge is 0.489 e. The Labute approximate surface area is 266 Å². The number of hydrogen-bond donors (Lipinski definition) is 1. The molecule has 0 saturated heterocycles. The van der Waals surface area contributed by atoms with Gasteiger partial charge in [-0.2, -0.15) is 24.2 Å². The van der Waals surface area contributed by atoms with Gasteiger partial charge >= 0.3 is 6.61 Å². The Kier molecular flexibility index (Phi) is 7.16. The summed E-state index contributed by atoms with van der Waals surface area (Å²) in [6.07, 6.45) is 2.58. The zero-order valence-corrected chi connectivity index (χ0v) is 24.8. The van der Waals surface area contributed by atoms with Crippen molar-refractivity contribution in [1.29, 1.82) is 5.26 Å². The smallest absolute Gasteiger partial charge is 0.388 e. The molecule has 1 N–H and O–H groups in total. The number of carbonyl (C=O) groups is 2. The predicted molar refractivity (Wildman–Crippen MR) is 158 cm³/mol. The van der Waals surface area contributed by atoms with E-state index in [1.807, 2.05) is 6.07 Å². The molecule has 3 aromatic heterocycles. The summed E-state index contributed by atoms with van der Waals surface area (Å²) >= 11 is 6.24. The maximum atomic E-state index is 15.8. The number of halogens is 4. The molecule has 1 aliphatic carbocycles. The van der Waals surface area contributed by atoms with E-state index in [0.29, 0.717) is 0 Å². The lowest BCUT2D eigenvalue weighted by molar-refractivity contribution is -0.0516. The second kappa shape index (κ2) is 11.2. The van der Waals surface area contributed by atoms with Gasteiger partial charge in [0.15, 0.2) is 5.82 Å². The molecule has 2 amide bonds. The summed E-state index contributed by atoms with van der Waals surface area (Å²) in [5.74, 6) is -2.96. The molecule has 1 saturated carbocycles. The summed E-state index contributed by atoms with van der Waals surface area (Å²) in [4.78, 5) is 44.3. The molecule has 5 aromatic rings. The fraction of sp³-hybridized carbons (Fsp3) is 0.194. The van der Waals surface area contributed by atoms with E-state index in [1.165, 1.54) is 42.2 Å². The Balaban J connectivity index is 1.43. The minimum absolute atomic E-state index is 0.0169. The number of carbonyl (C=O) groups excluding carboxylic acids is 2. The molecule has 4 heterocycles. The van der Waals surface area contributed by atoms with Crippen LogP contribution < -0.4 is 15.0 Å². The van der Waals surface area contributed by atoms with Crippen LogP contribution in [-0.4, -0.2) is 54.4 Å². The van der Waals surface area contributed by atoms with Gasteiger partial charge in [0.1, 0.15) is 22.8 Å². The molecule has 47 heavy (non-hydrogen) atoms. The summed E-state index contributed by atoms with van der Waals surface area (Å²) in [5, 5.41) is 19.6. The third kappa shape index (κ3) is 5.03. The van der Waals surface area contributed by atoms with Crippen LogP contribution in [0.3, 0.4) is 0 Å². The number of pyridine rings is 1. The summed E-state index contributed by atoms with van der Waals surface area (Å²) in [5.41, 5.74) is -1.25. The first-order valence-corrected chi connectivity index (χ1v) is 14.4. The number of nitriles is 1. The van der Waals surface area contributed by atoms with Gasteiger partial charge in [0.05, 0.1) is 57.6 Å². The maximum Gasteiger partial charge on any atom is 0.388 e. The van der Waals surface area contributed by atoms with E-state index < -0.39 is 47.6 Å². The molecule has 1 fully saturated rings. The summed E-state index contributed by atoms with van der Waals surface area (Å²) in [7, 11) is 1.46. The first-order valence-electron chi connectivity index (χ1n) is 14.0. The van der Waals surface area contributed by atoms with Crippen LogP contribution in [0.25, 0.3) is 33.3 Å². The Morgan fingerprint density at radius 2 is 1.83 bits per heavy atom. The molecule has 236 valence electrons. The number of alkyl halides is 2. The SMILES string of the molecule is Cn1ncc(-c2cc3c(CN4C(=O)c5ccccc5C4=O)n[nH]c(=O)c3c(OC(F)F)n2)c1-c1c(F)c(Cl)cc(OC2CC2)c1C#N. The number of benzene rings is 2. The second-order valence-electron chi connectivity index (χ2n) is 10.7. The van der Waals surface area contributed by atoms with Crippen molar-refractivity contribution < 1.29 is 32.2 Å². The highest BCUT2D eigenvalue weighted by atomic mass is 35.5. The van der Waals surface area contributed by atoms with E-state index in [9.17, 15) is 28.4 Å². The summed E-state index contributed by atoms with van der Waals surface area (Å²) < 4.78 is 54.9. The van der Waals surface area contributed by atoms with Crippen molar-refractivity contribution in [3.8, 4) is 40.2 Å². The molecule has 0 atom stereocenters. The second-order valence-corrected chi connectivity index (χ2v) is 11.1. The first kappa shape index (κ1) is 29.9. The Morgan fingerprint density at radius 3 is 2.47 bits per heavy atom. The van der Waals surface area contributed by atoms with E-state index in [1.54, 1.807) is 12.1 Å². The Bertz CT molecular complexity index is 2230. The molecule has 16 heteroatoms. The van der Waals surface area contributed by atoms with Gasteiger partial charge in [-0.3, -0.25) is 24.0 Å². The predicted octanol–water partition coefficient (Wildman–Crippen LogP) is 4.99. The standard InChI is InChI=1S/C31H19ClF3N7O5/c1-41-26(23-17(10-36)22(46-13-6-7-13)9-19(32)25(23)33)18(11-37-41)20-8-16-21(39-40-27(43)24(16)28(38-20)47-31(34)35)12-42-29(44)14-4-2-3-5-15(14)30(42)45/h2-5,8-9,11,13,31H,6-7,12H2,1H3,(H,40,43). The minimum atomic E-state index is -3.42. The van der Waals surface area contributed by atoms with Gasteiger partial charge in [-0.05, 0) is 31.0 Å². The number of nitrogens with one attached hydrogen (secondary N) is 1. The number of amides is 2. The average Bonchev–Trinajstić information content (AvgIpc) is 3.74. The highest BCUT2D eigenvalue weighted by Gasteiger charge is 2.36. The van der Waals surface area contributed by atoms with Crippen LogP contribution in [0.2, 0.25) is 5.02 Å². The Hall–Kier alpha value is -5.75. The molecule has 0 radical (unpaired) electrons. The zero-order valence-electron chi connectivity index (χ0n) is 24.1. The Morgan fingerprint density at radius 1 is 1.13 bits per heavy atom. The zero-order chi connectivity index (χ0) is 33.1. The van der Waals surface area contributed by atoms with Gasteiger partial charge in [0.25, 0.3) is 17.4 Å². The van der Waals surface area contributed by atoms with E-state index >= 15 is 4.39 Å². The quantitative estimate of drug-likeness (QED) is 0.226. The number of aromatic nitrogens is 5. The van der Waals surface area contributed by atoms with Gasteiger partial charge in [-0.25, -0.2) is 14.5 Å². The third-order valence-corrected chi connectivity index (χ3v) is 8.04. The van der Waals surface area contributed by atoms with E-state index in [4.69, 9.17) is 16.3 Å². The molecule has 1 aliphatic heterocycles. The van der Waals surface area contributed by atoms with Crippen molar-refractivity contribution >= 4 is 34.2 Å². The van der Waals surface area contributed by atoms with Crippen molar-refractivity contribution in [3.63, 3.8) is 0 Å². The number of aryl methyl sites for hydroxylation is 1. The number of rotatable bonds is 8. The molecule has 0 bridgehead atoms. The van der Waals surface area contributed by atoms with Crippen LogP contribution >= 0.6 is 11.6 Å². The first-order chi connectivity index (χ1) is 22.6. The number of imide groups is 1. The lowest BCUT2D eigenvalue weighted by Gasteiger charge is -2.17. The van der Waals surface area contributed by atoms with Crippen LogP contribution in [0.5, 0.6) is 11.6 Å². The van der Waals surface area contributed by atoms with Gasteiger partial charge in [0, 0.05) is 24.1 Å². The lowest BCUT2D eigenvalue weighted by Crippen LogP contribution is -2.30. The highest BCUT2D eigenvalue weighted by molar-refractivity contribution is 6.31. The number of aromatic amines is 1. The van der Waals surface area contributed by atoms with E-state index in [2.05, 4.69) is 25.0 Å². The number of hydrogen-bond acceptors (Lipinski definition) is 9. The van der Waals surface area contributed by atoms with Gasteiger partial charge in [-0.15, -0.1) is 0 Å². The van der Waals surface area contributed by atoms with Crippen LogP contribution in [0.1, 0.15) is 44.8 Å². The molecule has 0 unspecified atom stereocenters. The fourth-order valence-electron chi connectivity index (χ4n) is 5.48. The van der Waals surface area contributed by atoms with Crippen molar-refractivity contribution in [2.24, 2.45) is 7.05 Å². The molecule has 0 spiro atoms. The molecular weight excluding hydrogens is 643 g/mol. The van der Waals surface area contributed by atoms with Crippen LogP contribution in [0, 0.1) is 17.1 Å². The van der Waals surface area contributed by atoms with Gasteiger partial charge in [-0.1, -0.05) is 23.7 Å². The molecule has 7 rings (SSSR count). The monoisotopic (exact) mass is 661 g/mol. The molecular formula is C31H19ClF3N7O5. The molecule has 12 nitrogen and oxygen atoms in total. The van der Waals surface area contributed by atoms with Crippen molar-refractivity contribution in [2.45, 2.75) is 32.1 Å². The number of nitrogens with zero attached hydrogens (tertiary/aromatic N) is 6.